The summed E-state index contributed by atoms with van der Waals surface area (Å²) in [6, 6.07) is 3.35. The van der Waals surface area contributed by atoms with Crippen LogP contribution in [0.4, 0.5) is 0 Å². The summed E-state index contributed by atoms with van der Waals surface area (Å²) in [5, 5.41) is 23.5. The molecule has 0 bridgehead atoms. The number of aliphatic hydroxyl groups excluding tert-OH is 1. The largest absolute Gasteiger partial charge is 0.493 e. The van der Waals surface area contributed by atoms with E-state index in [9.17, 15) is 15.0 Å². The van der Waals surface area contributed by atoms with Gasteiger partial charge in [-0.3, -0.25) is 0 Å². The molecular weight excluding hydrogens is 356 g/mol. The number of oxime groups is 1. The van der Waals surface area contributed by atoms with E-state index in [1.54, 1.807) is 12.1 Å². The van der Waals surface area contributed by atoms with E-state index in [2.05, 4.69) is 10.1 Å². The zero-order chi connectivity index (χ0) is 20.1. The minimum absolute atomic E-state index is 0.158. The lowest BCUT2D eigenvalue weighted by Gasteiger charge is -2.17. The van der Waals surface area contributed by atoms with Crippen molar-refractivity contribution >= 4 is 12.2 Å². The van der Waals surface area contributed by atoms with Gasteiger partial charge < -0.3 is 34.2 Å². The Balaban J connectivity index is 2.92. The standard InChI is InChI=1S/C18H22N2O7/c1-9(21)13-14(11(8-19-27-5)20-15(13)18(22)23)10-6-7-12(24-2)17(26-4)16(10)25-3/h6-9,20-21H,1-5H3,(H,22,23)/b19-8+. The highest BCUT2D eigenvalue weighted by Gasteiger charge is 2.29. The summed E-state index contributed by atoms with van der Waals surface area (Å²) in [5.74, 6) is -0.120. The van der Waals surface area contributed by atoms with Gasteiger partial charge in [0.25, 0.3) is 0 Å². The number of carboxylic acid groups (broad SMARTS) is 1. The molecule has 27 heavy (non-hydrogen) atoms. The van der Waals surface area contributed by atoms with Crippen molar-refractivity contribution in [1.82, 2.24) is 4.98 Å². The molecule has 9 heteroatoms. The van der Waals surface area contributed by atoms with Gasteiger partial charge in [-0.1, -0.05) is 5.16 Å². The first-order valence-corrected chi connectivity index (χ1v) is 7.94. The van der Waals surface area contributed by atoms with Crippen LogP contribution < -0.4 is 14.2 Å². The normalized spacial score (nSPS) is 12.1. The number of methoxy groups -OCH3 is 3. The monoisotopic (exact) mass is 378 g/mol. The molecule has 1 unspecified atom stereocenters. The fraction of sp³-hybridized carbons (Fsp3) is 0.333. The van der Waals surface area contributed by atoms with E-state index in [1.165, 1.54) is 41.6 Å². The van der Waals surface area contributed by atoms with Crippen molar-refractivity contribution in [2.24, 2.45) is 5.16 Å². The molecule has 2 aromatic rings. The summed E-state index contributed by atoms with van der Waals surface area (Å²) < 4.78 is 16.2. The summed E-state index contributed by atoms with van der Waals surface area (Å²) in [6.45, 7) is 1.48. The Kier molecular flexibility index (Phi) is 6.30. The number of nitrogens with one attached hydrogen (secondary N) is 1. The van der Waals surface area contributed by atoms with Crippen molar-refractivity contribution in [1.29, 1.82) is 0 Å². The molecule has 0 fully saturated rings. The predicted molar refractivity (Wildman–Crippen MR) is 98.1 cm³/mol. The number of H-pyrrole nitrogens is 1. The first kappa shape index (κ1) is 20.1. The lowest BCUT2D eigenvalue weighted by Crippen LogP contribution is -2.05. The molecule has 146 valence electrons. The molecule has 1 aromatic carbocycles. The van der Waals surface area contributed by atoms with Crippen molar-refractivity contribution < 1.29 is 34.1 Å². The third-order valence-electron chi connectivity index (χ3n) is 3.96. The van der Waals surface area contributed by atoms with Gasteiger partial charge >= 0.3 is 5.97 Å². The summed E-state index contributed by atoms with van der Waals surface area (Å²) in [5.41, 5.74) is 1.25. The molecule has 0 saturated carbocycles. The maximum atomic E-state index is 11.7. The van der Waals surface area contributed by atoms with Crippen molar-refractivity contribution in [3.05, 3.63) is 29.1 Å². The van der Waals surface area contributed by atoms with E-state index in [-0.39, 0.29) is 11.3 Å². The number of carboxylic acids is 1. The quantitative estimate of drug-likeness (QED) is 0.476. The molecule has 3 N–H and O–H groups in total. The lowest BCUT2D eigenvalue weighted by atomic mass is 9.95. The van der Waals surface area contributed by atoms with Crippen LogP contribution in [-0.2, 0) is 4.84 Å². The van der Waals surface area contributed by atoms with Gasteiger partial charge in [0.05, 0.1) is 39.3 Å². The van der Waals surface area contributed by atoms with E-state index < -0.39 is 12.1 Å². The van der Waals surface area contributed by atoms with E-state index in [0.717, 1.165) is 0 Å². The minimum Gasteiger partial charge on any atom is -0.493 e. The van der Waals surface area contributed by atoms with Crippen LogP contribution in [0.15, 0.2) is 17.3 Å². The lowest BCUT2D eigenvalue weighted by molar-refractivity contribution is 0.0684. The van der Waals surface area contributed by atoms with Gasteiger partial charge in [0.1, 0.15) is 12.8 Å². The summed E-state index contributed by atoms with van der Waals surface area (Å²) in [4.78, 5) is 19.2. The third-order valence-corrected chi connectivity index (χ3v) is 3.96. The molecule has 0 spiro atoms. The number of hydrogen-bond acceptors (Lipinski definition) is 7. The zero-order valence-corrected chi connectivity index (χ0v) is 15.7. The molecule has 1 aromatic heterocycles. The van der Waals surface area contributed by atoms with Gasteiger partial charge in [-0.2, -0.15) is 0 Å². The Morgan fingerprint density at radius 3 is 2.30 bits per heavy atom. The third kappa shape index (κ3) is 3.68. The van der Waals surface area contributed by atoms with Gasteiger partial charge in [-0.15, -0.1) is 0 Å². The van der Waals surface area contributed by atoms with Crippen LogP contribution in [0.1, 0.15) is 34.8 Å². The highest BCUT2D eigenvalue weighted by molar-refractivity contribution is 5.99. The number of nitrogens with zero attached hydrogens (tertiary/aromatic N) is 1. The van der Waals surface area contributed by atoms with E-state index in [0.29, 0.717) is 34.1 Å². The Morgan fingerprint density at radius 2 is 1.81 bits per heavy atom. The van der Waals surface area contributed by atoms with E-state index in [4.69, 9.17) is 19.0 Å². The Morgan fingerprint density at radius 1 is 1.15 bits per heavy atom. The van der Waals surface area contributed by atoms with Gasteiger partial charge in [0.15, 0.2) is 11.5 Å². The smallest absolute Gasteiger partial charge is 0.352 e. The first-order valence-electron chi connectivity index (χ1n) is 7.94. The first-order chi connectivity index (χ1) is 12.9. The number of aromatic carboxylic acids is 1. The van der Waals surface area contributed by atoms with Crippen LogP contribution in [0.3, 0.4) is 0 Å². The van der Waals surface area contributed by atoms with Gasteiger partial charge in [-0.25, -0.2) is 4.79 Å². The number of ether oxygens (including phenoxy) is 3. The maximum Gasteiger partial charge on any atom is 0.352 e. The molecular formula is C18H22N2O7. The summed E-state index contributed by atoms with van der Waals surface area (Å²) >= 11 is 0. The second kappa shape index (κ2) is 8.45. The molecule has 1 atom stereocenters. The second-order valence-electron chi connectivity index (χ2n) is 5.48. The molecule has 0 aliphatic rings. The molecule has 0 saturated heterocycles. The number of carbonyl (C=O) groups is 1. The molecule has 0 radical (unpaired) electrons. The van der Waals surface area contributed by atoms with Crippen molar-refractivity contribution in [3.8, 4) is 28.4 Å². The SMILES string of the molecule is CO/N=C/c1[nH]c(C(=O)O)c(C(C)O)c1-c1ccc(OC)c(OC)c1OC. The van der Waals surface area contributed by atoms with Crippen LogP contribution in [0.25, 0.3) is 11.1 Å². The molecule has 1 heterocycles. The number of aromatic amines is 1. The van der Waals surface area contributed by atoms with Gasteiger partial charge in [0.2, 0.25) is 5.75 Å². The predicted octanol–water partition coefficient (Wildman–Crippen LogP) is 2.44. The van der Waals surface area contributed by atoms with Crippen LogP contribution in [-0.4, -0.2) is 55.8 Å². The van der Waals surface area contributed by atoms with Crippen molar-refractivity contribution in [3.63, 3.8) is 0 Å². The topological polar surface area (TPSA) is 123 Å². The van der Waals surface area contributed by atoms with Crippen LogP contribution in [0.2, 0.25) is 0 Å². The average molecular weight is 378 g/mol. The zero-order valence-electron chi connectivity index (χ0n) is 15.7. The van der Waals surface area contributed by atoms with Crippen molar-refractivity contribution in [2.75, 3.05) is 28.4 Å². The number of aromatic nitrogens is 1. The Labute approximate surface area is 156 Å². The number of aliphatic hydroxyl groups is 1. The molecule has 0 amide bonds. The van der Waals surface area contributed by atoms with E-state index >= 15 is 0 Å². The van der Waals surface area contributed by atoms with Crippen LogP contribution >= 0.6 is 0 Å². The average Bonchev–Trinajstić information content (AvgIpc) is 3.04. The Hall–Kier alpha value is -3.20. The van der Waals surface area contributed by atoms with Gasteiger partial charge in [0, 0.05) is 16.7 Å². The number of benzene rings is 1. The fourth-order valence-corrected chi connectivity index (χ4v) is 2.91. The van der Waals surface area contributed by atoms with Crippen molar-refractivity contribution in [2.45, 2.75) is 13.0 Å². The summed E-state index contributed by atoms with van der Waals surface area (Å²) in [7, 11) is 5.78. The van der Waals surface area contributed by atoms with Crippen LogP contribution in [0, 0.1) is 0 Å². The molecule has 0 aliphatic carbocycles. The summed E-state index contributed by atoms with van der Waals surface area (Å²) in [6.07, 6.45) is 0.244. The Bertz CT molecular complexity index is 856. The highest BCUT2D eigenvalue weighted by atomic mass is 16.6. The molecule has 9 nitrogen and oxygen atoms in total. The molecule has 2 rings (SSSR count). The number of hydrogen-bond donors (Lipinski definition) is 3. The fourth-order valence-electron chi connectivity index (χ4n) is 2.91. The second-order valence-corrected chi connectivity index (χ2v) is 5.48. The van der Waals surface area contributed by atoms with Gasteiger partial charge in [-0.05, 0) is 19.1 Å². The van der Waals surface area contributed by atoms with E-state index in [1.807, 2.05) is 0 Å². The minimum atomic E-state index is -1.22. The maximum absolute atomic E-state index is 11.7. The highest BCUT2D eigenvalue weighted by Crippen LogP contribution is 2.47. The molecule has 0 aliphatic heterocycles. The van der Waals surface area contributed by atoms with Crippen LogP contribution in [0.5, 0.6) is 17.2 Å². The number of rotatable bonds is 8.